The van der Waals surface area contributed by atoms with Gasteiger partial charge in [-0.1, -0.05) is 24.3 Å². The fourth-order valence-corrected chi connectivity index (χ4v) is 4.62. The second-order valence-electron chi connectivity index (χ2n) is 8.73. The van der Waals surface area contributed by atoms with Gasteiger partial charge in [-0.25, -0.2) is 0 Å². The smallest absolute Gasteiger partial charge is 0.228 e. The van der Waals surface area contributed by atoms with Crippen molar-refractivity contribution in [3.63, 3.8) is 0 Å². The summed E-state index contributed by atoms with van der Waals surface area (Å²) in [5.74, 6) is -0.0718. The van der Waals surface area contributed by atoms with Gasteiger partial charge in [-0.05, 0) is 62.1 Å². The maximum Gasteiger partial charge on any atom is 0.228 e. The Kier molecular flexibility index (Phi) is 5.54. The Morgan fingerprint density at radius 3 is 2.37 bits per heavy atom. The van der Waals surface area contributed by atoms with Crippen LogP contribution in [-0.2, 0) is 9.59 Å². The van der Waals surface area contributed by atoms with Crippen LogP contribution in [0.3, 0.4) is 0 Å². The van der Waals surface area contributed by atoms with Crippen molar-refractivity contribution in [1.82, 2.24) is 4.90 Å². The Hall–Kier alpha value is -2.82. The highest BCUT2D eigenvalue weighted by molar-refractivity contribution is 6.01. The third kappa shape index (κ3) is 3.81. The van der Waals surface area contributed by atoms with Crippen molar-refractivity contribution >= 4 is 23.2 Å². The molecule has 30 heavy (non-hydrogen) atoms. The zero-order chi connectivity index (χ0) is 21.4. The summed E-state index contributed by atoms with van der Waals surface area (Å²) in [5.41, 5.74) is 7.00. The molecule has 4 rings (SSSR count). The zero-order valence-corrected chi connectivity index (χ0v) is 18.4. The molecule has 0 aliphatic carbocycles. The minimum Gasteiger partial charge on any atom is -0.368 e. The van der Waals surface area contributed by atoms with Gasteiger partial charge in [0.05, 0.1) is 5.92 Å². The highest BCUT2D eigenvalue weighted by atomic mass is 16.2. The van der Waals surface area contributed by atoms with Gasteiger partial charge in [-0.15, -0.1) is 0 Å². The number of aryl methyl sites for hydroxylation is 3. The molecule has 1 unspecified atom stereocenters. The molecule has 5 nitrogen and oxygen atoms in total. The fraction of sp³-hybridized carbons (Fsp3) is 0.440. The Morgan fingerprint density at radius 1 is 0.900 bits per heavy atom. The van der Waals surface area contributed by atoms with Crippen LogP contribution in [0.2, 0.25) is 0 Å². The minimum absolute atomic E-state index is 0.0519. The zero-order valence-electron chi connectivity index (χ0n) is 18.4. The summed E-state index contributed by atoms with van der Waals surface area (Å²) in [7, 11) is 0. The van der Waals surface area contributed by atoms with E-state index in [1.807, 2.05) is 30.9 Å². The van der Waals surface area contributed by atoms with E-state index in [1.165, 1.54) is 16.8 Å². The molecule has 2 aromatic rings. The summed E-state index contributed by atoms with van der Waals surface area (Å²) in [5, 5.41) is 0. The van der Waals surface area contributed by atoms with Gasteiger partial charge in [0.15, 0.2) is 0 Å². The summed E-state index contributed by atoms with van der Waals surface area (Å²) < 4.78 is 0. The van der Waals surface area contributed by atoms with Crippen molar-refractivity contribution in [2.45, 2.75) is 34.1 Å². The van der Waals surface area contributed by atoms with E-state index in [0.29, 0.717) is 26.1 Å². The number of piperazine rings is 1. The van der Waals surface area contributed by atoms with E-state index in [-0.39, 0.29) is 17.7 Å². The van der Waals surface area contributed by atoms with Crippen LogP contribution in [0.15, 0.2) is 36.4 Å². The first kappa shape index (κ1) is 20.5. The van der Waals surface area contributed by atoms with E-state index < -0.39 is 0 Å². The molecule has 0 radical (unpaired) electrons. The third-order valence-corrected chi connectivity index (χ3v) is 6.64. The molecule has 0 aromatic heterocycles. The minimum atomic E-state index is -0.246. The summed E-state index contributed by atoms with van der Waals surface area (Å²) in [6.07, 6.45) is 0.309. The van der Waals surface area contributed by atoms with E-state index in [0.717, 1.165) is 29.9 Å². The lowest BCUT2D eigenvalue weighted by Gasteiger charge is -2.38. The van der Waals surface area contributed by atoms with Crippen LogP contribution in [0.25, 0.3) is 0 Å². The monoisotopic (exact) mass is 405 g/mol. The highest BCUT2D eigenvalue weighted by Gasteiger charge is 2.38. The van der Waals surface area contributed by atoms with Crippen molar-refractivity contribution in [2.75, 3.05) is 42.5 Å². The first-order chi connectivity index (χ1) is 14.3. The van der Waals surface area contributed by atoms with Gasteiger partial charge in [-0.3, -0.25) is 9.59 Å². The normalized spacial score (nSPS) is 19.5. The first-order valence-electron chi connectivity index (χ1n) is 10.8. The van der Waals surface area contributed by atoms with Crippen molar-refractivity contribution in [3.05, 3.63) is 58.7 Å². The van der Waals surface area contributed by atoms with Crippen LogP contribution in [0.5, 0.6) is 0 Å². The highest BCUT2D eigenvalue weighted by Crippen LogP contribution is 2.30. The fourth-order valence-electron chi connectivity index (χ4n) is 4.62. The van der Waals surface area contributed by atoms with E-state index in [1.54, 1.807) is 4.90 Å². The predicted octanol–water partition coefficient (Wildman–Crippen LogP) is 3.62. The molecule has 1 atom stereocenters. The van der Waals surface area contributed by atoms with Gasteiger partial charge in [0, 0.05) is 50.5 Å². The Bertz CT molecular complexity index is 976. The number of benzene rings is 2. The van der Waals surface area contributed by atoms with Crippen LogP contribution in [0.1, 0.15) is 28.7 Å². The predicted molar refractivity (Wildman–Crippen MR) is 121 cm³/mol. The topological polar surface area (TPSA) is 43.9 Å². The molecule has 0 N–H and O–H groups in total. The molecule has 0 saturated carbocycles. The molecule has 0 bridgehead atoms. The van der Waals surface area contributed by atoms with Crippen molar-refractivity contribution < 1.29 is 9.59 Å². The second-order valence-corrected chi connectivity index (χ2v) is 8.73. The Labute approximate surface area is 179 Å². The van der Waals surface area contributed by atoms with Crippen LogP contribution < -0.4 is 9.80 Å². The molecule has 5 heteroatoms. The lowest BCUT2D eigenvalue weighted by molar-refractivity contribution is -0.136. The summed E-state index contributed by atoms with van der Waals surface area (Å²) in [4.78, 5) is 32.0. The van der Waals surface area contributed by atoms with Gasteiger partial charge < -0.3 is 14.7 Å². The molecule has 0 spiro atoms. The molecule has 2 fully saturated rings. The number of hydrogen-bond acceptors (Lipinski definition) is 3. The van der Waals surface area contributed by atoms with Gasteiger partial charge in [0.2, 0.25) is 11.8 Å². The molecule has 2 amide bonds. The van der Waals surface area contributed by atoms with Gasteiger partial charge >= 0.3 is 0 Å². The third-order valence-electron chi connectivity index (χ3n) is 6.64. The van der Waals surface area contributed by atoms with Crippen LogP contribution >= 0.6 is 0 Å². The molecule has 2 saturated heterocycles. The quantitative estimate of drug-likeness (QED) is 0.783. The molecular formula is C25H31N3O2. The molecule has 2 aliphatic rings. The second kappa shape index (κ2) is 8.13. The largest absolute Gasteiger partial charge is 0.368 e. The lowest BCUT2D eigenvalue weighted by Crippen LogP contribution is -2.51. The molecule has 2 heterocycles. The number of anilines is 2. The number of amides is 2. The van der Waals surface area contributed by atoms with E-state index in [4.69, 9.17) is 0 Å². The first-order valence-corrected chi connectivity index (χ1v) is 10.8. The number of carbonyl (C=O) groups excluding carboxylic acids is 2. The average molecular weight is 406 g/mol. The lowest BCUT2D eigenvalue weighted by atomic mass is 10.0. The number of nitrogens with zero attached hydrogens (tertiary/aromatic N) is 3. The molecule has 158 valence electrons. The maximum atomic E-state index is 13.2. The van der Waals surface area contributed by atoms with E-state index in [9.17, 15) is 9.59 Å². The van der Waals surface area contributed by atoms with Crippen LogP contribution in [0.4, 0.5) is 11.4 Å². The SMILES string of the molecule is Cc1ccc(C)c(N2CC(C(=O)N3CCN(c4cccc(C)c4C)CC3)CC2=O)c1. The number of hydrogen-bond donors (Lipinski definition) is 0. The molecule has 2 aromatic carbocycles. The average Bonchev–Trinajstić information content (AvgIpc) is 3.13. The number of carbonyl (C=O) groups is 2. The van der Waals surface area contributed by atoms with E-state index in [2.05, 4.69) is 43.0 Å². The molecular weight excluding hydrogens is 374 g/mol. The van der Waals surface area contributed by atoms with Crippen LogP contribution in [-0.4, -0.2) is 49.4 Å². The Morgan fingerprint density at radius 2 is 1.63 bits per heavy atom. The van der Waals surface area contributed by atoms with Gasteiger partial charge in [0.25, 0.3) is 0 Å². The summed E-state index contributed by atoms with van der Waals surface area (Å²) in [6, 6.07) is 12.5. The maximum absolute atomic E-state index is 13.2. The standard InChI is InChI=1S/C25H31N3O2/c1-17-8-9-19(3)23(14-17)28-16-21(15-24(28)29)25(30)27-12-10-26(11-13-27)22-7-5-6-18(2)20(22)4/h5-9,14,21H,10-13,15-16H2,1-4H3. The van der Waals surface area contributed by atoms with Crippen molar-refractivity contribution in [1.29, 1.82) is 0 Å². The van der Waals surface area contributed by atoms with Gasteiger partial charge in [0.1, 0.15) is 0 Å². The van der Waals surface area contributed by atoms with Gasteiger partial charge in [-0.2, -0.15) is 0 Å². The number of rotatable bonds is 3. The van der Waals surface area contributed by atoms with E-state index >= 15 is 0 Å². The summed E-state index contributed by atoms with van der Waals surface area (Å²) in [6.45, 7) is 11.9. The van der Waals surface area contributed by atoms with Crippen molar-refractivity contribution in [3.8, 4) is 0 Å². The summed E-state index contributed by atoms with van der Waals surface area (Å²) >= 11 is 0. The van der Waals surface area contributed by atoms with Crippen molar-refractivity contribution in [2.24, 2.45) is 5.92 Å². The molecule has 2 aliphatic heterocycles. The Balaban J connectivity index is 1.41. The van der Waals surface area contributed by atoms with Crippen LogP contribution in [0, 0.1) is 33.6 Å².